The lowest BCUT2D eigenvalue weighted by molar-refractivity contribution is -0.129. The number of piperazine rings is 1. The van der Waals surface area contributed by atoms with E-state index < -0.39 is 0 Å². The second kappa shape index (κ2) is 6.34. The van der Waals surface area contributed by atoms with Gasteiger partial charge in [0.15, 0.2) is 5.65 Å². The third kappa shape index (κ3) is 2.48. The third-order valence-corrected chi connectivity index (χ3v) is 5.18. The van der Waals surface area contributed by atoms with Crippen LogP contribution in [0.5, 0.6) is 0 Å². The van der Waals surface area contributed by atoms with Crippen molar-refractivity contribution in [3.8, 4) is 6.07 Å². The van der Waals surface area contributed by atoms with Crippen LogP contribution in [0.25, 0.3) is 16.7 Å². The van der Waals surface area contributed by atoms with Crippen molar-refractivity contribution >= 4 is 28.4 Å². The summed E-state index contributed by atoms with van der Waals surface area (Å²) >= 11 is 0. The number of nitriles is 1. The minimum absolute atomic E-state index is 0.122. The van der Waals surface area contributed by atoms with E-state index in [1.54, 1.807) is 6.92 Å². The Kier molecular flexibility index (Phi) is 4.00. The van der Waals surface area contributed by atoms with Gasteiger partial charge in [-0.25, -0.2) is 4.98 Å². The highest BCUT2D eigenvalue weighted by atomic mass is 16.2. The molecule has 0 bridgehead atoms. The van der Waals surface area contributed by atoms with E-state index in [4.69, 9.17) is 4.98 Å². The molecule has 4 rings (SSSR count). The molecule has 0 N–H and O–H groups in total. The van der Waals surface area contributed by atoms with Crippen LogP contribution in [0.1, 0.15) is 25.0 Å². The summed E-state index contributed by atoms with van der Waals surface area (Å²) in [6.07, 6.45) is 0.781. The number of fused-ring (bicyclic) bond motifs is 3. The summed E-state index contributed by atoms with van der Waals surface area (Å²) in [5.41, 5.74) is 4.28. The van der Waals surface area contributed by atoms with E-state index >= 15 is 0 Å². The van der Waals surface area contributed by atoms with Crippen LogP contribution in [0.4, 0.5) is 5.82 Å². The first kappa shape index (κ1) is 16.4. The summed E-state index contributed by atoms with van der Waals surface area (Å²) in [4.78, 5) is 20.5. The summed E-state index contributed by atoms with van der Waals surface area (Å²) in [5, 5.41) is 9.71. The van der Waals surface area contributed by atoms with Gasteiger partial charge in [-0.3, -0.25) is 9.20 Å². The summed E-state index contributed by atoms with van der Waals surface area (Å²) in [6.45, 7) is 6.66. The highest BCUT2D eigenvalue weighted by molar-refractivity contribution is 5.85. The van der Waals surface area contributed by atoms with Crippen molar-refractivity contribution in [2.75, 3.05) is 31.1 Å². The maximum absolute atomic E-state index is 11.6. The number of aryl methyl sites for hydroxylation is 1. The molecular weight excluding hydrogens is 326 g/mol. The molecule has 6 heteroatoms. The van der Waals surface area contributed by atoms with Gasteiger partial charge in [0.05, 0.1) is 16.6 Å². The second-order valence-corrected chi connectivity index (χ2v) is 6.62. The van der Waals surface area contributed by atoms with E-state index in [2.05, 4.69) is 28.4 Å². The first-order valence-electron chi connectivity index (χ1n) is 8.97. The van der Waals surface area contributed by atoms with Crippen molar-refractivity contribution in [3.63, 3.8) is 0 Å². The molecule has 1 aromatic carbocycles. The van der Waals surface area contributed by atoms with Crippen molar-refractivity contribution in [3.05, 3.63) is 41.5 Å². The minimum Gasteiger partial charge on any atom is -0.354 e. The van der Waals surface area contributed by atoms with Gasteiger partial charge in [0, 0.05) is 33.1 Å². The zero-order valence-electron chi connectivity index (χ0n) is 15.1. The van der Waals surface area contributed by atoms with Crippen LogP contribution < -0.4 is 4.90 Å². The van der Waals surface area contributed by atoms with Crippen molar-refractivity contribution in [1.82, 2.24) is 14.3 Å². The molecule has 0 unspecified atom stereocenters. The van der Waals surface area contributed by atoms with Gasteiger partial charge in [-0.2, -0.15) is 5.26 Å². The van der Waals surface area contributed by atoms with Gasteiger partial charge in [0.1, 0.15) is 11.9 Å². The number of rotatable bonds is 2. The number of amides is 1. The zero-order chi connectivity index (χ0) is 18.3. The number of carbonyl (C=O) groups is 1. The molecule has 1 amide bonds. The lowest BCUT2D eigenvalue weighted by atomic mass is 10.1. The number of imidazole rings is 1. The minimum atomic E-state index is 0.122. The van der Waals surface area contributed by atoms with Crippen LogP contribution in [0, 0.1) is 11.3 Å². The SMILES string of the molecule is CCc1cc(N2CCN(C(C)=O)CC2)n2c(nc3ccccc32)c1C#N. The number of nitrogens with zero attached hydrogens (tertiary/aromatic N) is 5. The van der Waals surface area contributed by atoms with Crippen LogP contribution in [-0.4, -0.2) is 46.4 Å². The molecule has 0 saturated carbocycles. The summed E-state index contributed by atoms with van der Waals surface area (Å²) in [7, 11) is 0. The Bertz CT molecular complexity index is 1040. The molecule has 3 heterocycles. The molecule has 0 aliphatic carbocycles. The first-order valence-corrected chi connectivity index (χ1v) is 8.97. The molecule has 2 aromatic heterocycles. The molecule has 0 spiro atoms. The quantitative estimate of drug-likeness (QED) is 0.715. The fourth-order valence-electron chi connectivity index (χ4n) is 3.75. The van der Waals surface area contributed by atoms with Crippen LogP contribution >= 0.6 is 0 Å². The van der Waals surface area contributed by atoms with Crippen molar-refractivity contribution < 1.29 is 4.79 Å². The Morgan fingerprint density at radius 3 is 2.62 bits per heavy atom. The van der Waals surface area contributed by atoms with Gasteiger partial charge >= 0.3 is 0 Å². The summed E-state index contributed by atoms with van der Waals surface area (Å²) in [6, 6.07) is 12.4. The van der Waals surface area contributed by atoms with Gasteiger partial charge < -0.3 is 9.80 Å². The second-order valence-electron chi connectivity index (χ2n) is 6.62. The fraction of sp³-hybridized carbons (Fsp3) is 0.350. The average Bonchev–Trinajstić information content (AvgIpc) is 3.06. The average molecular weight is 347 g/mol. The molecule has 3 aromatic rings. The molecular formula is C20H21N5O. The molecule has 1 fully saturated rings. The van der Waals surface area contributed by atoms with Crippen molar-refractivity contribution in [2.45, 2.75) is 20.3 Å². The third-order valence-electron chi connectivity index (χ3n) is 5.18. The number of carbonyl (C=O) groups excluding carboxylic acids is 1. The summed E-state index contributed by atoms with van der Waals surface area (Å²) in [5.74, 6) is 1.17. The lowest BCUT2D eigenvalue weighted by Crippen LogP contribution is -2.48. The molecule has 1 aliphatic rings. The smallest absolute Gasteiger partial charge is 0.219 e. The maximum Gasteiger partial charge on any atom is 0.219 e. The normalized spacial score (nSPS) is 14.8. The number of aromatic nitrogens is 2. The van der Waals surface area contributed by atoms with Crippen molar-refractivity contribution in [2.24, 2.45) is 0 Å². The Morgan fingerprint density at radius 1 is 1.23 bits per heavy atom. The largest absolute Gasteiger partial charge is 0.354 e. The molecule has 26 heavy (non-hydrogen) atoms. The number of pyridine rings is 1. The van der Waals surface area contributed by atoms with E-state index in [1.165, 1.54) is 0 Å². The molecule has 6 nitrogen and oxygen atoms in total. The molecule has 0 radical (unpaired) electrons. The number of hydrogen-bond donors (Lipinski definition) is 0. The highest BCUT2D eigenvalue weighted by Gasteiger charge is 2.23. The molecule has 0 atom stereocenters. The van der Waals surface area contributed by atoms with Crippen molar-refractivity contribution in [1.29, 1.82) is 5.26 Å². The fourth-order valence-corrected chi connectivity index (χ4v) is 3.75. The van der Waals surface area contributed by atoms with E-state index in [-0.39, 0.29) is 5.91 Å². The number of para-hydroxylation sites is 2. The number of anilines is 1. The van der Waals surface area contributed by atoms with E-state index in [1.807, 2.05) is 29.2 Å². The highest BCUT2D eigenvalue weighted by Crippen LogP contribution is 2.29. The van der Waals surface area contributed by atoms with Gasteiger partial charge in [-0.1, -0.05) is 19.1 Å². The monoisotopic (exact) mass is 347 g/mol. The zero-order valence-corrected chi connectivity index (χ0v) is 15.1. The Balaban J connectivity index is 1.91. The lowest BCUT2D eigenvalue weighted by Gasteiger charge is -2.36. The number of hydrogen-bond acceptors (Lipinski definition) is 4. The van der Waals surface area contributed by atoms with Gasteiger partial charge in [-0.15, -0.1) is 0 Å². The van der Waals surface area contributed by atoms with Gasteiger partial charge in [0.2, 0.25) is 5.91 Å². The number of benzene rings is 1. The van der Waals surface area contributed by atoms with Gasteiger partial charge in [0.25, 0.3) is 0 Å². The van der Waals surface area contributed by atoms with E-state index in [9.17, 15) is 10.1 Å². The van der Waals surface area contributed by atoms with Gasteiger partial charge in [-0.05, 0) is 30.2 Å². The Morgan fingerprint density at radius 2 is 1.96 bits per heavy atom. The maximum atomic E-state index is 11.6. The Labute approximate surface area is 152 Å². The van der Waals surface area contributed by atoms with Crippen LogP contribution in [0.2, 0.25) is 0 Å². The predicted molar refractivity (Wildman–Crippen MR) is 101 cm³/mol. The van der Waals surface area contributed by atoms with Crippen LogP contribution in [-0.2, 0) is 11.2 Å². The molecule has 132 valence electrons. The Hall–Kier alpha value is -3.07. The van der Waals surface area contributed by atoms with Crippen LogP contribution in [0.3, 0.4) is 0 Å². The van der Waals surface area contributed by atoms with E-state index in [0.29, 0.717) is 18.7 Å². The van der Waals surface area contributed by atoms with Crippen LogP contribution in [0.15, 0.2) is 30.3 Å². The molecule has 1 saturated heterocycles. The van der Waals surface area contributed by atoms with E-state index in [0.717, 1.165) is 47.6 Å². The standard InChI is InChI=1S/C20H21N5O/c1-3-15-12-19(24-10-8-23(9-11-24)14(2)26)25-18-7-5-4-6-17(18)22-20(25)16(15)13-21/h4-7,12H,3,8-11H2,1-2H3. The first-order chi connectivity index (χ1) is 12.6. The summed E-state index contributed by atoms with van der Waals surface area (Å²) < 4.78 is 2.09. The predicted octanol–water partition coefficient (Wildman–Crippen LogP) is 2.59. The topological polar surface area (TPSA) is 64.6 Å². The molecule has 1 aliphatic heterocycles.